The standard InChI is InChI=1S/C11H19N3O2S2/c1-5-13-11(3,9(15)16-4)6-8(2)17-10-12-7-14-18-10/h7-8,13H,5-6H2,1-4H3. The lowest BCUT2D eigenvalue weighted by Gasteiger charge is -2.29. The summed E-state index contributed by atoms with van der Waals surface area (Å²) in [5.41, 5.74) is -0.652. The van der Waals surface area contributed by atoms with Gasteiger partial charge in [0, 0.05) is 5.25 Å². The number of carbonyl (C=O) groups is 1. The Morgan fingerprint density at radius 1 is 1.72 bits per heavy atom. The van der Waals surface area contributed by atoms with Crippen LogP contribution in [0.3, 0.4) is 0 Å². The van der Waals surface area contributed by atoms with Gasteiger partial charge in [-0.3, -0.25) is 4.79 Å². The molecule has 0 saturated heterocycles. The highest BCUT2D eigenvalue weighted by Crippen LogP contribution is 2.29. The third-order valence-electron chi connectivity index (χ3n) is 2.54. The molecule has 0 spiro atoms. The summed E-state index contributed by atoms with van der Waals surface area (Å²) in [7, 11) is 1.42. The molecule has 18 heavy (non-hydrogen) atoms. The Hall–Kier alpha value is -0.660. The zero-order chi connectivity index (χ0) is 13.6. The van der Waals surface area contributed by atoms with Crippen LogP contribution < -0.4 is 5.32 Å². The van der Waals surface area contributed by atoms with Crippen LogP contribution in [0.4, 0.5) is 0 Å². The summed E-state index contributed by atoms with van der Waals surface area (Å²) in [5, 5.41) is 3.45. The van der Waals surface area contributed by atoms with Crippen molar-refractivity contribution in [3.05, 3.63) is 6.33 Å². The van der Waals surface area contributed by atoms with Crippen molar-refractivity contribution >= 4 is 29.3 Å². The number of aromatic nitrogens is 2. The number of hydrogen-bond donors (Lipinski definition) is 1. The van der Waals surface area contributed by atoms with Gasteiger partial charge in [-0.25, -0.2) is 4.98 Å². The summed E-state index contributed by atoms with van der Waals surface area (Å²) in [4.78, 5) is 16.0. The van der Waals surface area contributed by atoms with Gasteiger partial charge in [0.1, 0.15) is 11.9 Å². The molecule has 5 nitrogen and oxygen atoms in total. The number of hydrogen-bond acceptors (Lipinski definition) is 7. The average molecular weight is 289 g/mol. The third-order valence-corrected chi connectivity index (χ3v) is 4.39. The fourth-order valence-electron chi connectivity index (χ4n) is 1.85. The van der Waals surface area contributed by atoms with E-state index in [0.717, 1.165) is 10.9 Å². The van der Waals surface area contributed by atoms with Gasteiger partial charge in [-0.2, -0.15) is 4.37 Å². The molecule has 0 radical (unpaired) electrons. The number of esters is 1. The van der Waals surface area contributed by atoms with Crippen LogP contribution in [-0.4, -0.2) is 39.8 Å². The number of carbonyl (C=O) groups excluding carboxylic acids is 1. The highest BCUT2D eigenvalue weighted by Gasteiger charge is 2.35. The zero-order valence-corrected chi connectivity index (χ0v) is 12.7. The van der Waals surface area contributed by atoms with Crippen molar-refractivity contribution < 1.29 is 9.53 Å². The fraction of sp³-hybridized carbons (Fsp3) is 0.727. The molecular weight excluding hydrogens is 270 g/mol. The van der Waals surface area contributed by atoms with Crippen LogP contribution in [0.15, 0.2) is 10.7 Å². The number of nitrogens with zero attached hydrogens (tertiary/aromatic N) is 2. The van der Waals surface area contributed by atoms with Crippen molar-refractivity contribution in [3.63, 3.8) is 0 Å². The quantitative estimate of drug-likeness (QED) is 0.611. The molecule has 2 unspecified atom stereocenters. The van der Waals surface area contributed by atoms with Gasteiger partial charge in [-0.05, 0) is 31.4 Å². The van der Waals surface area contributed by atoms with Crippen LogP contribution in [0.25, 0.3) is 0 Å². The summed E-state index contributed by atoms with van der Waals surface area (Å²) in [6.07, 6.45) is 2.22. The van der Waals surface area contributed by atoms with Crippen molar-refractivity contribution in [1.82, 2.24) is 14.7 Å². The number of likely N-dealkylation sites (N-methyl/N-ethyl adjacent to an activating group) is 1. The molecular formula is C11H19N3O2S2. The number of nitrogens with one attached hydrogen (secondary N) is 1. The second-order valence-electron chi connectivity index (χ2n) is 4.19. The van der Waals surface area contributed by atoms with E-state index in [1.165, 1.54) is 18.6 Å². The minimum Gasteiger partial charge on any atom is -0.468 e. The minimum atomic E-state index is -0.652. The molecule has 1 heterocycles. The third kappa shape index (κ3) is 4.22. The normalized spacial score (nSPS) is 16.0. The van der Waals surface area contributed by atoms with Crippen molar-refractivity contribution in [1.29, 1.82) is 0 Å². The zero-order valence-electron chi connectivity index (χ0n) is 11.1. The minimum absolute atomic E-state index is 0.228. The second kappa shape index (κ2) is 7.06. The summed E-state index contributed by atoms with van der Waals surface area (Å²) < 4.78 is 9.75. The van der Waals surface area contributed by atoms with Crippen molar-refractivity contribution in [2.45, 2.75) is 42.3 Å². The molecule has 0 amide bonds. The van der Waals surface area contributed by atoms with Gasteiger partial charge < -0.3 is 10.1 Å². The highest BCUT2D eigenvalue weighted by molar-refractivity contribution is 8.01. The van der Waals surface area contributed by atoms with Gasteiger partial charge in [0.2, 0.25) is 0 Å². The summed E-state index contributed by atoms with van der Waals surface area (Å²) >= 11 is 3.00. The molecule has 1 aromatic rings. The van der Waals surface area contributed by atoms with E-state index in [0.29, 0.717) is 6.42 Å². The Kier molecular flexibility index (Phi) is 6.04. The molecule has 2 atom stereocenters. The Morgan fingerprint density at radius 2 is 2.44 bits per heavy atom. The Morgan fingerprint density at radius 3 is 2.94 bits per heavy atom. The van der Waals surface area contributed by atoms with Crippen molar-refractivity contribution in [2.24, 2.45) is 0 Å². The van der Waals surface area contributed by atoms with Crippen LogP contribution in [0.2, 0.25) is 0 Å². The average Bonchev–Trinajstić information content (AvgIpc) is 2.80. The smallest absolute Gasteiger partial charge is 0.325 e. The summed E-state index contributed by atoms with van der Waals surface area (Å²) in [6.45, 7) is 6.65. The van der Waals surface area contributed by atoms with E-state index in [4.69, 9.17) is 4.74 Å². The highest BCUT2D eigenvalue weighted by atomic mass is 32.2. The van der Waals surface area contributed by atoms with Crippen LogP contribution in [0.5, 0.6) is 0 Å². The molecule has 0 bridgehead atoms. The molecule has 1 rings (SSSR count). The maximum Gasteiger partial charge on any atom is 0.325 e. The maximum absolute atomic E-state index is 11.8. The van der Waals surface area contributed by atoms with Crippen molar-refractivity contribution in [2.75, 3.05) is 13.7 Å². The molecule has 0 saturated carbocycles. The first kappa shape index (κ1) is 15.4. The first-order chi connectivity index (χ1) is 8.51. The van der Waals surface area contributed by atoms with Crippen LogP contribution in [0, 0.1) is 0 Å². The largest absolute Gasteiger partial charge is 0.468 e. The van der Waals surface area contributed by atoms with Crippen LogP contribution in [-0.2, 0) is 9.53 Å². The molecule has 0 aliphatic heterocycles. The second-order valence-corrected chi connectivity index (χ2v) is 6.66. The van der Waals surface area contributed by atoms with E-state index >= 15 is 0 Å². The summed E-state index contributed by atoms with van der Waals surface area (Å²) in [5.74, 6) is -0.228. The molecule has 0 fully saturated rings. The molecule has 7 heteroatoms. The van der Waals surface area contributed by atoms with Gasteiger partial charge in [0.15, 0.2) is 4.34 Å². The van der Waals surface area contributed by atoms with Crippen LogP contribution in [0.1, 0.15) is 27.2 Å². The fourth-order valence-corrected chi connectivity index (χ4v) is 3.79. The number of methoxy groups -OCH3 is 1. The molecule has 0 aliphatic carbocycles. The molecule has 0 aliphatic rings. The van der Waals surface area contributed by atoms with E-state index in [-0.39, 0.29) is 11.2 Å². The summed E-state index contributed by atoms with van der Waals surface area (Å²) in [6, 6.07) is 0. The monoisotopic (exact) mass is 289 g/mol. The van der Waals surface area contributed by atoms with Gasteiger partial charge in [0.05, 0.1) is 7.11 Å². The van der Waals surface area contributed by atoms with Gasteiger partial charge in [-0.1, -0.05) is 25.6 Å². The first-order valence-electron chi connectivity index (χ1n) is 5.78. The van der Waals surface area contributed by atoms with Gasteiger partial charge >= 0.3 is 5.97 Å². The predicted octanol–water partition coefficient (Wildman–Crippen LogP) is 1.95. The molecule has 0 aromatic carbocycles. The Bertz CT molecular complexity index is 372. The first-order valence-corrected chi connectivity index (χ1v) is 7.44. The number of thioether (sulfide) groups is 1. The van der Waals surface area contributed by atoms with E-state index in [1.807, 2.05) is 13.8 Å². The molecule has 102 valence electrons. The van der Waals surface area contributed by atoms with Gasteiger partial charge in [0.25, 0.3) is 0 Å². The lowest BCUT2D eigenvalue weighted by Crippen LogP contribution is -2.51. The molecule has 1 N–H and O–H groups in total. The van der Waals surface area contributed by atoms with E-state index in [9.17, 15) is 4.79 Å². The van der Waals surface area contributed by atoms with Gasteiger partial charge in [-0.15, -0.1) is 0 Å². The van der Waals surface area contributed by atoms with E-state index in [1.54, 1.807) is 18.1 Å². The molecule has 1 aromatic heterocycles. The number of ether oxygens (including phenoxy) is 1. The lowest BCUT2D eigenvalue weighted by atomic mass is 9.96. The predicted molar refractivity (Wildman–Crippen MR) is 73.9 cm³/mol. The van der Waals surface area contributed by atoms with Crippen molar-refractivity contribution in [3.8, 4) is 0 Å². The Labute approximate surface area is 116 Å². The Balaban J connectivity index is 2.62. The van der Waals surface area contributed by atoms with Crippen LogP contribution >= 0.6 is 23.3 Å². The SMILES string of the molecule is CCNC(C)(CC(C)Sc1ncns1)C(=O)OC. The lowest BCUT2D eigenvalue weighted by molar-refractivity contribution is -0.148. The maximum atomic E-state index is 11.8. The van der Waals surface area contributed by atoms with E-state index < -0.39 is 5.54 Å². The number of rotatable bonds is 7. The topological polar surface area (TPSA) is 64.1 Å². The van der Waals surface area contributed by atoms with E-state index in [2.05, 4.69) is 21.6 Å².